The van der Waals surface area contributed by atoms with Gasteiger partial charge in [0.15, 0.2) is 0 Å². The van der Waals surface area contributed by atoms with Crippen LogP contribution in [0.5, 0.6) is 5.75 Å². The van der Waals surface area contributed by atoms with Gasteiger partial charge in [-0.05, 0) is 94.2 Å². The van der Waals surface area contributed by atoms with E-state index in [0.29, 0.717) is 12.1 Å². The Morgan fingerprint density at radius 3 is 2.61 bits per heavy atom. The van der Waals surface area contributed by atoms with E-state index in [1.165, 1.54) is 55.4 Å². The summed E-state index contributed by atoms with van der Waals surface area (Å²) in [5.41, 5.74) is 3.00. The predicted octanol–water partition coefficient (Wildman–Crippen LogP) is 6.53. The molecule has 5 nitrogen and oxygen atoms in total. The van der Waals surface area contributed by atoms with Crippen LogP contribution < -0.4 is 10.3 Å². The van der Waals surface area contributed by atoms with E-state index in [-0.39, 0.29) is 11.7 Å². The molecule has 0 radical (unpaired) electrons. The van der Waals surface area contributed by atoms with Crippen molar-refractivity contribution in [3.8, 4) is 11.4 Å². The highest BCUT2D eigenvalue weighted by Gasteiger charge is 2.39. The van der Waals surface area contributed by atoms with Gasteiger partial charge in [-0.3, -0.25) is 9.36 Å². The zero-order valence-electron chi connectivity index (χ0n) is 21.7. The van der Waals surface area contributed by atoms with Crippen LogP contribution in [0.25, 0.3) is 15.9 Å². The third-order valence-corrected chi connectivity index (χ3v) is 9.88. The monoisotopic (exact) mass is 505 g/mol. The molecular weight excluding hydrogens is 466 g/mol. The van der Waals surface area contributed by atoms with Gasteiger partial charge < -0.3 is 9.64 Å². The zero-order valence-corrected chi connectivity index (χ0v) is 22.6. The maximum atomic E-state index is 13.5. The zero-order chi connectivity index (χ0) is 24.6. The molecule has 1 aliphatic carbocycles. The fraction of sp³-hybridized carbons (Fsp3) is 0.600. The molecule has 2 aliphatic heterocycles. The van der Waals surface area contributed by atoms with Crippen molar-refractivity contribution in [2.24, 2.45) is 5.92 Å². The molecule has 1 saturated carbocycles. The third-order valence-electron chi connectivity index (χ3n) is 8.71. The van der Waals surface area contributed by atoms with E-state index in [0.717, 1.165) is 59.7 Å². The number of thiophene rings is 1. The first-order chi connectivity index (χ1) is 17.6. The molecular formula is C30H39N3O2S. The average Bonchev–Trinajstić information content (AvgIpc) is 3.58. The molecule has 3 fully saturated rings. The lowest BCUT2D eigenvalue weighted by Crippen LogP contribution is -2.43. The van der Waals surface area contributed by atoms with Gasteiger partial charge >= 0.3 is 0 Å². The minimum Gasteiger partial charge on any atom is -0.490 e. The topological polar surface area (TPSA) is 47.4 Å². The van der Waals surface area contributed by atoms with E-state index < -0.39 is 0 Å². The number of fused-ring (bicyclic) bond motifs is 3. The predicted molar refractivity (Wildman–Crippen MR) is 148 cm³/mol. The van der Waals surface area contributed by atoms with Crippen molar-refractivity contribution in [2.45, 2.75) is 102 Å². The number of ether oxygens (including phenoxy) is 1. The van der Waals surface area contributed by atoms with Gasteiger partial charge in [-0.2, -0.15) is 0 Å². The lowest BCUT2D eigenvalue weighted by atomic mass is 10.00. The normalized spacial score (nSPS) is 24.0. The smallest absolute Gasteiger partial charge is 0.275 e. The van der Waals surface area contributed by atoms with Crippen LogP contribution in [0.1, 0.15) is 81.6 Å². The molecule has 0 spiro atoms. The van der Waals surface area contributed by atoms with Crippen LogP contribution in [0.3, 0.4) is 0 Å². The van der Waals surface area contributed by atoms with Gasteiger partial charge in [0, 0.05) is 17.0 Å². The molecule has 2 saturated heterocycles. The van der Waals surface area contributed by atoms with E-state index in [2.05, 4.69) is 42.1 Å². The second kappa shape index (κ2) is 10.3. The molecule has 36 heavy (non-hydrogen) atoms. The summed E-state index contributed by atoms with van der Waals surface area (Å²) in [6.45, 7) is 2.24. The Bertz CT molecular complexity index is 1260. The number of hydrogen-bond donors (Lipinski definition) is 0. The Kier molecular flexibility index (Phi) is 6.91. The number of rotatable bonds is 10. The molecule has 6 heteroatoms. The molecule has 192 valence electrons. The minimum absolute atomic E-state index is 0.0442. The first kappa shape index (κ1) is 24.2. The van der Waals surface area contributed by atoms with Crippen molar-refractivity contribution >= 4 is 21.6 Å². The lowest BCUT2D eigenvalue weighted by molar-refractivity contribution is 0.0655. The Hall–Kier alpha value is -2.18. The van der Waals surface area contributed by atoms with Crippen molar-refractivity contribution in [2.75, 3.05) is 7.05 Å². The fourth-order valence-corrected chi connectivity index (χ4v) is 7.31. The number of unbranched alkanes of at least 4 members (excludes halogenated alkanes) is 2. The molecule has 1 unspecified atom stereocenters. The van der Waals surface area contributed by atoms with Gasteiger partial charge in [-0.15, -0.1) is 11.3 Å². The molecule has 1 aromatic carbocycles. The SMILES string of the molecule is CCCCCc1cc(-n2cnc3cc(CCC4CC4)sc3c2=O)ccc1OC1C[C@H]2CC[C@@H](C1)N2C. The number of aromatic nitrogens is 2. The van der Waals surface area contributed by atoms with Gasteiger partial charge in [0.1, 0.15) is 22.9 Å². The summed E-state index contributed by atoms with van der Waals surface area (Å²) in [4.78, 5) is 22.0. The number of piperidine rings is 1. The highest BCUT2D eigenvalue weighted by molar-refractivity contribution is 7.18. The maximum Gasteiger partial charge on any atom is 0.275 e. The molecule has 3 aromatic rings. The summed E-state index contributed by atoms with van der Waals surface area (Å²) in [7, 11) is 2.27. The molecule has 0 N–H and O–H groups in total. The van der Waals surface area contributed by atoms with Gasteiger partial charge in [-0.25, -0.2) is 4.98 Å². The van der Waals surface area contributed by atoms with Crippen LogP contribution in [0.15, 0.2) is 35.4 Å². The molecule has 0 amide bonds. The summed E-state index contributed by atoms with van der Waals surface area (Å²) in [6, 6.07) is 9.75. The Labute approximate surface area is 218 Å². The Morgan fingerprint density at radius 2 is 1.86 bits per heavy atom. The molecule has 6 rings (SSSR count). The fourth-order valence-electron chi connectivity index (χ4n) is 6.25. The molecule has 3 aliphatic rings. The highest BCUT2D eigenvalue weighted by atomic mass is 32.1. The van der Waals surface area contributed by atoms with Crippen molar-refractivity contribution in [1.29, 1.82) is 0 Å². The third kappa shape index (κ3) is 4.99. The second-order valence-electron chi connectivity index (χ2n) is 11.3. The van der Waals surface area contributed by atoms with Crippen LogP contribution in [-0.4, -0.2) is 39.7 Å². The maximum absolute atomic E-state index is 13.5. The van der Waals surface area contributed by atoms with Crippen molar-refractivity contribution in [1.82, 2.24) is 14.5 Å². The Morgan fingerprint density at radius 1 is 1.06 bits per heavy atom. The van der Waals surface area contributed by atoms with E-state index in [9.17, 15) is 4.79 Å². The molecule has 3 atom stereocenters. The van der Waals surface area contributed by atoms with E-state index in [1.54, 1.807) is 22.2 Å². The van der Waals surface area contributed by atoms with Gasteiger partial charge in [0.2, 0.25) is 0 Å². The minimum atomic E-state index is 0.0442. The first-order valence-corrected chi connectivity index (χ1v) is 14.9. The summed E-state index contributed by atoms with van der Waals surface area (Å²) < 4.78 is 9.17. The molecule has 2 bridgehead atoms. The largest absolute Gasteiger partial charge is 0.490 e. The van der Waals surface area contributed by atoms with Crippen molar-refractivity contribution < 1.29 is 4.74 Å². The quantitative estimate of drug-likeness (QED) is 0.294. The Balaban J connectivity index is 1.26. The molecule has 2 aromatic heterocycles. The number of aryl methyl sites for hydroxylation is 2. The van der Waals surface area contributed by atoms with Crippen LogP contribution in [0.2, 0.25) is 0 Å². The van der Waals surface area contributed by atoms with Crippen molar-refractivity contribution in [3.63, 3.8) is 0 Å². The summed E-state index contributed by atoms with van der Waals surface area (Å²) in [6.07, 6.45) is 16.4. The number of hydrogen-bond acceptors (Lipinski definition) is 5. The highest BCUT2D eigenvalue weighted by Crippen LogP contribution is 2.37. The van der Waals surface area contributed by atoms with Gasteiger partial charge in [-0.1, -0.05) is 32.6 Å². The number of nitrogens with zero attached hydrogens (tertiary/aromatic N) is 3. The first-order valence-electron chi connectivity index (χ1n) is 14.1. The second-order valence-corrected chi connectivity index (χ2v) is 12.5. The molecule has 4 heterocycles. The van der Waals surface area contributed by atoms with E-state index in [4.69, 9.17) is 4.74 Å². The van der Waals surface area contributed by atoms with Crippen LogP contribution in [0.4, 0.5) is 0 Å². The van der Waals surface area contributed by atoms with E-state index in [1.807, 2.05) is 6.07 Å². The summed E-state index contributed by atoms with van der Waals surface area (Å²) >= 11 is 1.63. The van der Waals surface area contributed by atoms with Gasteiger partial charge in [0.25, 0.3) is 5.56 Å². The standard InChI is InChI=1S/C30H39N3O2S/c1-3-4-5-6-21-15-24(12-14-28(21)35-25-16-22-10-11-23(17-25)32(22)2)33-19-31-27-18-26(13-9-20-7-8-20)36-29(27)30(33)34/h12,14-15,18-20,22-23,25H,3-11,13,16-17H2,1-2H3/t22-,23+,25?. The summed E-state index contributed by atoms with van der Waals surface area (Å²) in [5, 5.41) is 0. The number of benzene rings is 1. The summed E-state index contributed by atoms with van der Waals surface area (Å²) in [5.74, 6) is 1.90. The van der Waals surface area contributed by atoms with Crippen LogP contribution in [-0.2, 0) is 12.8 Å². The van der Waals surface area contributed by atoms with Crippen LogP contribution in [0, 0.1) is 5.92 Å². The van der Waals surface area contributed by atoms with Crippen LogP contribution >= 0.6 is 11.3 Å². The van der Waals surface area contributed by atoms with Gasteiger partial charge in [0.05, 0.1) is 11.2 Å². The van der Waals surface area contributed by atoms with E-state index >= 15 is 0 Å². The lowest BCUT2D eigenvalue weighted by Gasteiger charge is -2.36. The average molecular weight is 506 g/mol. The van der Waals surface area contributed by atoms with Crippen molar-refractivity contribution in [3.05, 3.63) is 51.4 Å².